The van der Waals surface area contributed by atoms with Gasteiger partial charge in [0, 0.05) is 5.92 Å². The van der Waals surface area contributed by atoms with Gasteiger partial charge in [-0.25, -0.2) is 0 Å². The first-order valence-electron chi connectivity index (χ1n) is 3.55. The van der Waals surface area contributed by atoms with Gasteiger partial charge in [0.25, 0.3) is 0 Å². The minimum atomic E-state index is -0.111. The minimum Gasteiger partial charge on any atom is -0.395 e. The summed E-state index contributed by atoms with van der Waals surface area (Å²) in [7, 11) is 0. The molecule has 2 N–H and O–H groups in total. The third-order valence-electron chi connectivity index (χ3n) is 1.24. The van der Waals surface area contributed by atoms with Crippen LogP contribution in [0.3, 0.4) is 0 Å². The second-order valence-corrected chi connectivity index (χ2v) is 2.15. The standard InChI is InChI=1S/C8H14O2/c1-2-4-8(7-10)5-3-6-9/h8-10H,2,4,6-7H2,1H3. The van der Waals surface area contributed by atoms with Crippen LogP contribution in [0.15, 0.2) is 0 Å². The van der Waals surface area contributed by atoms with E-state index in [0.29, 0.717) is 0 Å². The molecule has 0 fully saturated rings. The van der Waals surface area contributed by atoms with Crippen molar-refractivity contribution in [3.8, 4) is 11.8 Å². The van der Waals surface area contributed by atoms with Crippen molar-refractivity contribution in [2.45, 2.75) is 19.8 Å². The van der Waals surface area contributed by atoms with E-state index in [0.717, 1.165) is 12.8 Å². The zero-order valence-electron chi connectivity index (χ0n) is 6.30. The van der Waals surface area contributed by atoms with E-state index in [1.807, 2.05) is 6.92 Å². The molecule has 58 valence electrons. The molecule has 0 aromatic heterocycles. The molecule has 2 nitrogen and oxygen atoms in total. The van der Waals surface area contributed by atoms with Crippen LogP contribution < -0.4 is 0 Å². The molecular formula is C8H14O2. The van der Waals surface area contributed by atoms with Crippen LogP contribution in [-0.2, 0) is 0 Å². The summed E-state index contributed by atoms with van der Waals surface area (Å²) >= 11 is 0. The van der Waals surface area contributed by atoms with Gasteiger partial charge in [-0.3, -0.25) is 0 Å². The molecule has 2 heteroatoms. The van der Waals surface area contributed by atoms with Crippen LogP contribution in [0.4, 0.5) is 0 Å². The molecule has 0 amide bonds. The maximum Gasteiger partial charge on any atom is 0.104 e. The van der Waals surface area contributed by atoms with Gasteiger partial charge in [-0.05, 0) is 6.42 Å². The Bertz CT molecular complexity index is 121. The topological polar surface area (TPSA) is 40.5 Å². The maximum absolute atomic E-state index is 8.70. The lowest BCUT2D eigenvalue weighted by atomic mass is 10.1. The van der Waals surface area contributed by atoms with Gasteiger partial charge < -0.3 is 10.2 Å². The Kier molecular flexibility index (Phi) is 6.25. The van der Waals surface area contributed by atoms with E-state index in [4.69, 9.17) is 10.2 Å². The van der Waals surface area contributed by atoms with Gasteiger partial charge in [0.15, 0.2) is 0 Å². The highest BCUT2D eigenvalue weighted by molar-refractivity contribution is 5.03. The third kappa shape index (κ3) is 4.37. The van der Waals surface area contributed by atoms with Crippen molar-refractivity contribution in [2.24, 2.45) is 5.92 Å². The Balaban J connectivity index is 3.59. The summed E-state index contributed by atoms with van der Waals surface area (Å²) in [4.78, 5) is 0. The highest BCUT2D eigenvalue weighted by Gasteiger charge is 1.99. The largest absolute Gasteiger partial charge is 0.395 e. The molecule has 0 heterocycles. The lowest BCUT2D eigenvalue weighted by molar-refractivity contribution is 0.250. The molecule has 1 atom stereocenters. The number of aliphatic hydroxyl groups is 2. The molecule has 0 aromatic rings. The summed E-state index contributed by atoms with van der Waals surface area (Å²) in [6.07, 6.45) is 1.93. The van der Waals surface area contributed by atoms with Crippen molar-refractivity contribution < 1.29 is 10.2 Å². The first-order valence-corrected chi connectivity index (χ1v) is 3.55. The van der Waals surface area contributed by atoms with Crippen molar-refractivity contribution in [2.75, 3.05) is 13.2 Å². The molecule has 0 saturated carbocycles. The molecule has 0 bridgehead atoms. The molecule has 0 radical (unpaired) electrons. The van der Waals surface area contributed by atoms with Crippen LogP contribution in [0.25, 0.3) is 0 Å². The Morgan fingerprint density at radius 3 is 2.50 bits per heavy atom. The van der Waals surface area contributed by atoms with Crippen molar-refractivity contribution >= 4 is 0 Å². The van der Waals surface area contributed by atoms with E-state index in [1.165, 1.54) is 0 Å². The molecule has 1 unspecified atom stereocenters. The fraction of sp³-hybridized carbons (Fsp3) is 0.750. The van der Waals surface area contributed by atoms with E-state index in [-0.39, 0.29) is 19.1 Å². The second kappa shape index (κ2) is 6.60. The number of hydrogen-bond donors (Lipinski definition) is 2. The zero-order chi connectivity index (χ0) is 7.82. The Labute approximate surface area is 61.9 Å². The highest BCUT2D eigenvalue weighted by atomic mass is 16.3. The van der Waals surface area contributed by atoms with Gasteiger partial charge in [-0.1, -0.05) is 25.2 Å². The third-order valence-corrected chi connectivity index (χ3v) is 1.24. The summed E-state index contributed by atoms with van der Waals surface area (Å²) in [5.41, 5.74) is 0. The van der Waals surface area contributed by atoms with E-state index in [1.54, 1.807) is 0 Å². The minimum absolute atomic E-state index is 0.0529. The molecule has 10 heavy (non-hydrogen) atoms. The summed E-state index contributed by atoms with van der Waals surface area (Å²) in [6.45, 7) is 2.03. The van der Waals surface area contributed by atoms with Gasteiger partial charge >= 0.3 is 0 Å². The van der Waals surface area contributed by atoms with Gasteiger partial charge in [-0.15, -0.1) is 0 Å². The van der Waals surface area contributed by atoms with Crippen LogP contribution in [0.1, 0.15) is 19.8 Å². The Morgan fingerprint density at radius 1 is 1.40 bits per heavy atom. The fourth-order valence-electron chi connectivity index (χ4n) is 0.748. The summed E-state index contributed by atoms with van der Waals surface area (Å²) < 4.78 is 0. The van der Waals surface area contributed by atoms with Gasteiger partial charge in [-0.2, -0.15) is 0 Å². The van der Waals surface area contributed by atoms with Crippen LogP contribution in [0, 0.1) is 17.8 Å². The SMILES string of the molecule is CCCC(C#CCO)CO. The quantitative estimate of drug-likeness (QED) is 0.560. The second-order valence-electron chi connectivity index (χ2n) is 2.15. The Morgan fingerprint density at radius 2 is 2.10 bits per heavy atom. The van der Waals surface area contributed by atoms with E-state index in [2.05, 4.69) is 11.8 Å². The molecule has 0 aliphatic rings. The van der Waals surface area contributed by atoms with Crippen LogP contribution in [0.2, 0.25) is 0 Å². The van der Waals surface area contributed by atoms with Crippen molar-refractivity contribution in [1.82, 2.24) is 0 Å². The Hall–Kier alpha value is -0.520. The van der Waals surface area contributed by atoms with Gasteiger partial charge in [0.2, 0.25) is 0 Å². The summed E-state index contributed by atoms with van der Waals surface area (Å²) in [6, 6.07) is 0. The summed E-state index contributed by atoms with van der Waals surface area (Å²) in [5, 5.41) is 17.0. The van der Waals surface area contributed by atoms with E-state index in [9.17, 15) is 0 Å². The average molecular weight is 142 g/mol. The zero-order valence-corrected chi connectivity index (χ0v) is 6.30. The predicted octanol–water partition coefficient (Wildman–Crippen LogP) is 0.391. The molecular weight excluding hydrogens is 128 g/mol. The molecule has 0 aliphatic heterocycles. The van der Waals surface area contributed by atoms with E-state index < -0.39 is 0 Å². The van der Waals surface area contributed by atoms with Gasteiger partial charge in [0.1, 0.15) is 6.61 Å². The summed E-state index contributed by atoms with van der Waals surface area (Å²) in [5.74, 6) is 5.35. The average Bonchev–Trinajstić information content (AvgIpc) is 1.98. The van der Waals surface area contributed by atoms with Gasteiger partial charge in [0.05, 0.1) is 6.61 Å². The molecule has 0 aliphatic carbocycles. The van der Waals surface area contributed by atoms with E-state index >= 15 is 0 Å². The lowest BCUT2D eigenvalue weighted by Gasteiger charge is -2.02. The molecule has 0 aromatic carbocycles. The first kappa shape index (κ1) is 9.48. The number of hydrogen-bond acceptors (Lipinski definition) is 2. The number of aliphatic hydroxyl groups excluding tert-OH is 2. The van der Waals surface area contributed by atoms with Crippen molar-refractivity contribution in [1.29, 1.82) is 0 Å². The van der Waals surface area contributed by atoms with Crippen molar-refractivity contribution in [3.63, 3.8) is 0 Å². The van der Waals surface area contributed by atoms with Crippen LogP contribution in [-0.4, -0.2) is 23.4 Å². The highest BCUT2D eigenvalue weighted by Crippen LogP contribution is 2.02. The van der Waals surface area contributed by atoms with Crippen LogP contribution in [0.5, 0.6) is 0 Å². The normalized spacial score (nSPS) is 11.9. The predicted molar refractivity (Wildman–Crippen MR) is 40.3 cm³/mol. The van der Waals surface area contributed by atoms with Crippen molar-refractivity contribution in [3.05, 3.63) is 0 Å². The lowest BCUT2D eigenvalue weighted by Crippen LogP contribution is -2.02. The maximum atomic E-state index is 8.70. The first-order chi connectivity index (χ1) is 4.85. The monoisotopic (exact) mass is 142 g/mol. The number of rotatable bonds is 3. The fourth-order valence-corrected chi connectivity index (χ4v) is 0.748. The molecule has 0 rings (SSSR count). The molecule has 0 saturated heterocycles. The molecule has 0 spiro atoms. The van der Waals surface area contributed by atoms with Crippen LogP contribution >= 0.6 is 0 Å². The smallest absolute Gasteiger partial charge is 0.104 e.